The number of benzene rings is 1. The van der Waals surface area contributed by atoms with E-state index in [2.05, 4.69) is 10.6 Å². The molecule has 2 N–H and O–H groups in total. The van der Waals surface area contributed by atoms with Gasteiger partial charge in [0.15, 0.2) is 6.10 Å². The summed E-state index contributed by atoms with van der Waals surface area (Å²) in [5.74, 6) is 0.193. The van der Waals surface area contributed by atoms with Crippen molar-refractivity contribution in [3.63, 3.8) is 0 Å². The standard InChI is InChI=1S/C16H23FN2O2/c1-3-18-11(2)13-10-12(17)7-8-14(13)21-15-6-4-5-9-19-16(15)20/h7-8,10-11,15,18H,3-6,9H2,1-2H3,(H,19,20). The Morgan fingerprint density at radius 1 is 1.48 bits per heavy atom. The van der Waals surface area contributed by atoms with Gasteiger partial charge in [-0.1, -0.05) is 6.92 Å². The maximum absolute atomic E-state index is 13.5. The third kappa shape index (κ3) is 4.17. The van der Waals surface area contributed by atoms with Crippen LogP contribution in [0.1, 0.15) is 44.7 Å². The van der Waals surface area contributed by atoms with Gasteiger partial charge >= 0.3 is 0 Å². The van der Waals surface area contributed by atoms with Crippen molar-refractivity contribution < 1.29 is 13.9 Å². The molecule has 21 heavy (non-hydrogen) atoms. The average Bonchev–Trinajstić information content (AvgIpc) is 2.66. The molecule has 0 spiro atoms. The van der Waals surface area contributed by atoms with Crippen LogP contribution in [0.4, 0.5) is 4.39 Å². The van der Waals surface area contributed by atoms with Crippen molar-refractivity contribution in [3.8, 4) is 5.75 Å². The van der Waals surface area contributed by atoms with E-state index in [1.807, 2.05) is 13.8 Å². The highest BCUT2D eigenvalue weighted by Gasteiger charge is 2.24. The van der Waals surface area contributed by atoms with Crippen molar-refractivity contribution in [2.24, 2.45) is 0 Å². The van der Waals surface area contributed by atoms with Crippen LogP contribution in [0.5, 0.6) is 5.75 Å². The van der Waals surface area contributed by atoms with E-state index in [0.29, 0.717) is 18.7 Å². The first-order chi connectivity index (χ1) is 10.1. The summed E-state index contributed by atoms with van der Waals surface area (Å²) in [6.45, 7) is 5.43. The van der Waals surface area contributed by atoms with Gasteiger partial charge in [-0.05, 0) is 50.9 Å². The SMILES string of the molecule is CCNC(C)c1cc(F)ccc1OC1CCCCNC1=O. The molecule has 2 atom stereocenters. The lowest BCUT2D eigenvalue weighted by Crippen LogP contribution is -2.36. The Morgan fingerprint density at radius 2 is 2.29 bits per heavy atom. The molecule has 5 heteroatoms. The maximum atomic E-state index is 13.5. The maximum Gasteiger partial charge on any atom is 0.261 e. The predicted octanol–water partition coefficient (Wildman–Crippen LogP) is 2.54. The number of nitrogens with one attached hydrogen (secondary N) is 2. The summed E-state index contributed by atoms with van der Waals surface area (Å²) in [6, 6.07) is 4.41. The summed E-state index contributed by atoms with van der Waals surface area (Å²) in [4.78, 5) is 12.0. The van der Waals surface area contributed by atoms with Crippen LogP contribution < -0.4 is 15.4 Å². The molecule has 1 amide bonds. The summed E-state index contributed by atoms with van der Waals surface area (Å²) in [6.07, 6.45) is 2.11. The molecule has 1 aliphatic heterocycles. The van der Waals surface area contributed by atoms with E-state index in [-0.39, 0.29) is 17.8 Å². The van der Waals surface area contributed by atoms with E-state index >= 15 is 0 Å². The Bertz CT molecular complexity index is 493. The highest BCUT2D eigenvalue weighted by Crippen LogP contribution is 2.28. The Morgan fingerprint density at radius 3 is 3.05 bits per heavy atom. The minimum atomic E-state index is -0.495. The third-order valence-corrected chi connectivity index (χ3v) is 3.70. The van der Waals surface area contributed by atoms with E-state index < -0.39 is 6.10 Å². The molecule has 0 bridgehead atoms. The molecule has 1 aromatic carbocycles. The second-order valence-corrected chi connectivity index (χ2v) is 5.35. The first-order valence-electron chi connectivity index (χ1n) is 7.59. The normalized spacial score (nSPS) is 20.5. The van der Waals surface area contributed by atoms with Gasteiger partial charge in [-0.15, -0.1) is 0 Å². The van der Waals surface area contributed by atoms with Crippen LogP contribution in [-0.2, 0) is 4.79 Å². The number of carbonyl (C=O) groups excluding carboxylic acids is 1. The van der Waals surface area contributed by atoms with Crippen LogP contribution in [0.3, 0.4) is 0 Å². The lowest BCUT2D eigenvalue weighted by atomic mass is 10.1. The number of halogens is 1. The molecule has 1 saturated heterocycles. The van der Waals surface area contributed by atoms with E-state index in [1.165, 1.54) is 12.1 Å². The fourth-order valence-electron chi connectivity index (χ4n) is 2.56. The van der Waals surface area contributed by atoms with Crippen LogP contribution in [0.15, 0.2) is 18.2 Å². The van der Waals surface area contributed by atoms with Gasteiger partial charge in [0.1, 0.15) is 11.6 Å². The largest absolute Gasteiger partial charge is 0.480 e. The molecule has 2 rings (SSSR count). The molecule has 4 nitrogen and oxygen atoms in total. The zero-order valence-corrected chi connectivity index (χ0v) is 12.6. The summed E-state index contributed by atoms with van der Waals surface area (Å²) >= 11 is 0. The van der Waals surface area contributed by atoms with Crippen LogP contribution >= 0.6 is 0 Å². The van der Waals surface area contributed by atoms with Crippen molar-refractivity contribution in [1.82, 2.24) is 10.6 Å². The Hall–Kier alpha value is -1.62. The van der Waals surface area contributed by atoms with E-state index in [4.69, 9.17) is 4.74 Å². The average molecular weight is 294 g/mol. The zero-order chi connectivity index (χ0) is 15.2. The van der Waals surface area contributed by atoms with Gasteiger partial charge in [0.05, 0.1) is 0 Å². The van der Waals surface area contributed by atoms with E-state index in [1.54, 1.807) is 6.07 Å². The lowest BCUT2D eigenvalue weighted by molar-refractivity contribution is -0.127. The number of amides is 1. The molecular weight excluding hydrogens is 271 g/mol. The van der Waals surface area contributed by atoms with Gasteiger partial charge in [-0.25, -0.2) is 4.39 Å². The van der Waals surface area contributed by atoms with E-state index in [0.717, 1.165) is 24.9 Å². The molecule has 0 aromatic heterocycles. The fourth-order valence-corrected chi connectivity index (χ4v) is 2.56. The minimum absolute atomic E-state index is 0.0328. The van der Waals surface area contributed by atoms with Gasteiger partial charge in [-0.2, -0.15) is 0 Å². The molecule has 1 heterocycles. The van der Waals surface area contributed by atoms with Crippen molar-refractivity contribution in [2.45, 2.75) is 45.3 Å². The number of rotatable bonds is 5. The monoisotopic (exact) mass is 294 g/mol. The second-order valence-electron chi connectivity index (χ2n) is 5.35. The molecular formula is C16H23FN2O2. The molecule has 0 radical (unpaired) electrons. The van der Waals surface area contributed by atoms with E-state index in [9.17, 15) is 9.18 Å². The van der Waals surface area contributed by atoms with Crippen LogP contribution in [0.25, 0.3) is 0 Å². The number of carbonyl (C=O) groups is 1. The molecule has 116 valence electrons. The van der Waals surface area contributed by atoms with Crippen LogP contribution in [0.2, 0.25) is 0 Å². The minimum Gasteiger partial charge on any atom is -0.480 e. The van der Waals surface area contributed by atoms with Crippen LogP contribution in [0, 0.1) is 5.82 Å². The molecule has 0 saturated carbocycles. The highest BCUT2D eigenvalue weighted by atomic mass is 19.1. The van der Waals surface area contributed by atoms with Gasteiger partial charge in [0.25, 0.3) is 5.91 Å². The van der Waals surface area contributed by atoms with Gasteiger partial charge in [-0.3, -0.25) is 4.79 Å². The fraction of sp³-hybridized carbons (Fsp3) is 0.562. The quantitative estimate of drug-likeness (QED) is 0.877. The first-order valence-corrected chi connectivity index (χ1v) is 7.59. The predicted molar refractivity (Wildman–Crippen MR) is 79.8 cm³/mol. The number of hydrogen-bond donors (Lipinski definition) is 2. The topological polar surface area (TPSA) is 50.4 Å². The van der Waals surface area contributed by atoms with Gasteiger partial charge in [0.2, 0.25) is 0 Å². The summed E-state index contributed by atoms with van der Waals surface area (Å²) in [5.41, 5.74) is 0.744. The summed E-state index contributed by atoms with van der Waals surface area (Å²) in [5, 5.41) is 6.09. The highest BCUT2D eigenvalue weighted by molar-refractivity contribution is 5.81. The molecule has 2 unspecified atom stereocenters. The summed E-state index contributed by atoms with van der Waals surface area (Å²) in [7, 11) is 0. The molecule has 0 aliphatic carbocycles. The molecule has 1 aliphatic rings. The number of ether oxygens (including phenoxy) is 1. The Labute approximate surface area is 125 Å². The van der Waals surface area contributed by atoms with Crippen molar-refractivity contribution in [1.29, 1.82) is 0 Å². The van der Waals surface area contributed by atoms with Gasteiger partial charge in [0, 0.05) is 18.2 Å². The Balaban J connectivity index is 2.19. The van der Waals surface area contributed by atoms with Crippen molar-refractivity contribution in [2.75, 3.05) is 13.1 Å². The molecule has 1 fully saturated rings. The van der Waals surface area contributed by atoms with Crippen molar-refractivity contribution in [3.05, 3.63) is 29.6 Å². The lowest BCUT2D eigenvalue weighted by Gasteiger charge is -2.21. The Kier molecular flexibility index (Phi) is 5.56. The van der Waals surface area contributed by atoms with Crippen LogP contribution in [-0.4, -0.2) is 25.1 Å². The first kappa shape index (κ1) is 15.8. The number of hydrogen-bond acceptors (Lipinski definition) is 3. The van der Waals surface area contributed by atoms with Gasteiger partial charge < -0.3 is 15.4 Å². The third-order valence-electron chi connectivity index (χ3n) is 3.70. The smallest absolute Gasteiger partial charge is 0.261 e. The summed E-state index contributed by atoms with van der Waals surface area (Å²) < 4.78 is 19.4. The zero-order valence-electron chi connectivity index (χ0n) is 12.6. The van der Waals surface area contributed by atoms with Crippen molar-refractivity contribution >= 4 is 5.91 Å². The second kappa shape index (κ2) is 7.41. The molecule has 1 aromatic rings.